The Morgan fingerprint density at radius 2 is 1.40 bits per heavy atom. The zero-order valence-electron chi connectivity index (χ0n) is 52.9. The summed E-state index contributed by atoms with van der Waals surface area (Å²) >= 11 is 0. The van der Waals surface area contributed by atoms with Gasteiger partial charge in [-0.05, 0) is 54.5 Å². The smallest absolute Gasteiger partial charge is 0.343 e. The summed E-state index contributed by atoms with van der Waals surface area (Å²) in [7, 11) is 0. The first-order valence-electron chi connectivity index (χ1n) is 31.2. The van der Waals surface area contributed by atoms with Crippen LogP contribution in [0.4, 0.5) is 4.39 Å². The lowest BCUT2D eigenvalue weighted by atomic mass is 9.81. The van der Waals surface area contributed by atoms with Gasteiger partial charge >= 0.3 is 11.9 Å². The molecule has 31 nitrogen and oxygen atoms in total. The van der Waals surface area contributed by atoms with Crippen LogP contribution in [0.5, 0.6) is 0 Å². The standard InChI is InChI=1S/C64H76FN11O20/c1-3-64(91)41-28-47-59-39(34-76(47)62(89)40(41)35-96-63(64)90)58-46(10-9-38-36(2)42(65)29-43(73-59)57(38)58)74(17-13-48(66)77)55(84)33-70-60(87)44(27-37-7-5-4-6-8-37)72-52(81)32-68-51(80)31-69-61(88)45(30-56(85)86)71-50(79)15-19-92-21-23-94-25-26-95-24-22-93-20-16-67-49(78)14-18-75-53(82)11-12-54(75)83/h4-8,11-12,28-29,44-46,91H,3,9-10,13-27,30-35H2,1-2H3,(H2,66,77)(H,67,78)(H,68,80)(H,69,88)(H,70,87)(H,71,79)(H,72,81)(H,85,86)/t44-,45-,46-,64-/m0/s1. The number of nitrogens with zero attached hydrogens (tertiary/aromatic N) is 4. The van der Waals surface area contributed by atoms with E-state index in [1.54, 1.807) is 44.2 Å². The molecule has 32 heteroatoms. The molecule has 5 heterocycles. The minimum absolute atomic E-state index is 0.0172. The third kappa shape index (κ3) is 18.1. The molecular formula is C64H76FN11O20. The molecule has 0 saturated heterocycles. The Labute approximate surface area is 548 Å². The van der Waals surface area contributed by atoms with E-state index in [1.807, 2.05) is 0 Å². The number of carboxylic acids is 1. The normalized spacial score (nSPS) is 16.4. The summed E-state index contributed by atoms with van der Waals surface area (Å²) in [4.78, 5) is 175. The number of aromatic nitrogens is 2. The summed E-state index contributed by atoms with van der Waals surface area (Å²) in [5.74, 6) is -9.98. The third-order valence-corrected chi connectivity index (χ3v) is 16.5. The number of nitrogens with one attached hydrogen (secondary N) is 6. The van der Waals surface area contributed by atoms with Crippen LogP contribution in [0.1, 0.15) is 90.4 Å². The van der Waals surface area contributed by atoms with Gasteiger partial charge in [0.15, 0.2) is 5.60 Å². The molecule has 8 rings (SSSR count). The zero-order chi connectivity index (χ0) is 69.2. The molecular weight excluding hydrogens is 1260 g/mol. The van der Waals surface area contributed by atoms with Crippen LogP contribution < -0.4 is 43.2 Å². The summed E-state index contributed by atoms with van der Waals surface area (Å²) in [6.07, 6.45) is 1.04. The van der Waals surface area contributed by atoms with Crippen molar-refractivity contribution >= 4 is 81.9 Å². The van der Waals surface area contributed by atoms with E-state index >= 15 is 4.39 Å². The number of aliphatic carboxylic acids is 1. The van der Waals surface area contributed by atoms with E-state index in [-0.39, 0.29) is 158 Å². The first-order chi connectivity index (χ1) is 46.0. The molecule has 0 saturated carbocycles. The average Bonchev–Trinajstić information content (AvgIpc) is 1.47. The number of amides is 10. The molecule has 10 N–H and O–H groups in total. The predicted molar refractivity (Wildman–Crippen MR) is 332 cm³/mol. The minimum Gasteiger partial charge on any atom is -0.481 e. The molecule has 3 aliphatic heterocycles. The van der Waals surface area contributed by atoms with E-state index in [0.29, 0.717) is 33.2 Å². The highest BCUT2D eigenvalue weighted by Gasteiger charge is 2.46. The summed E-state index contributed by atoms with van der Waals surface area (Å²) < 4.78 is 44.0. The molecule has 0 unspecified atom stereocenters. The number of imide groups is 1. The van der Waals surface area contributed by atoms with Gasteiger partial charge in [0.1, 0.15) is 24.5 Å². The summed E-state index contributed by atoms with van der Waals surface area (Å²) in [5, 5.41) is 36.2. The number of primary amides is 1. The number of carboxylic acid groups (broad SMARTS) is 1. The Morgan fingerprint density at radius 1 is 0.760 bits per heavy atom. The van der Waals surface area contributed by atoms with Crippen LogP contribution in [0.2, 0.25) is 0 Å². The number of rotatable bonds is 37. The molecule has 1 aliphatic carbocycles. The Kier molecular flexibility index (Phi) is 25.1. The fourth-order valence-corrected chi connectivity index (χ4v) is 11.5. The lowest BCUT2D eigenvalue weighted by molar-refractivity contribution is -0.172. The number of hydrogen-bond donors (Lipinski definition) is 9. The summed E-state index contributed by atoms with van der Waals surface area (Å²) in [6.45, 7) is 1.79. The number of carbonyl (C=O) groups is 12. The fraction of sp³-hybridized carbons (Fsp3) is 0.469. The lowest BCUT2D eigenvalue weighted by Crippen LogP contribution is -2.53. The van der Waals surface area contributed by atoms with Crippen molar-refractivity contribution < 1.29 is 95.8 Å². The van der Waals surface area contributed by atoms with Gasteiger partial charge < -0.3 is 81.0 Å². The molecule has 0 radical (unpaired) electrons. The number of cyclic esters (lactones) is 1. The van der Waals surface area contributed by atoms with E-state index in [0.717, 1.165) is 17.1 Å². The molecule has 4 aliphatic rings. The molecule has 4 atom stereocenters. The number of hydrogen-bond acceptors (Lipinski definition) is 20. The minimum atomic E-state index is -2.14. The lowest BCUT2D eigenvalue weighted by Gasteiger charge is -2.37. The number of carbonyl (C=O) groups excluding carboxylic acids is 11. The van der Waals surface area contributed by atoms with Gasteiger partial charge in [0.25, 0.3) is 17.4 Å². The highest BCUT2D eigenvalue weighted by Crippen LogP contribution is 2.47. The molecule has 0 fully saturated rings. The van der Waals surface area contributed by atoms with Crippen molar-refractivity contribution in [2.45, 2.75) is 102 Å². The molecule has 96 heavy (non-hydrogen) atoms. The van der Waals surface area contributed by atoms with Gasteiger partial charge in [-0.15, -0.1) is 0 Å². The highest BCUT2D eigenvalue weighted by molar-refractivity contribution is 6.13. The molecule has 4 aromatic rings. The SMILES string of the molecule is CC[C@@]1(O)C(=O)OCc2c1cc1n(c2=O)Cc2c-1nc1cc(F)c(C)c3c1c2[C@@H](N(CCC(N)=O)C(=O)CNC(=O)[C@H](Cc1ccccc1)NC(=O)CNC(=O)CNC(=O)[C@H](CC(=O)O)NC(=O)CCOCCOCCOCCOCCNC(=O)CCN1C(=O)C=CC1=O)CC3. The van der Waals surface area contributed by atoms with Crippen LogP contribution in [-0.4, -0.2) is 205 Å². The number of halogens is 1. The van der Waals surface area contributed by atoms with Gasteiger partial charge in [-0.2, -0.15) is 0 Å². The van der Waals surface area contributed by atoms with E-state index < -0.39 is 133 Å². The topological polar surface area (TPSA) is 431 Å². The second kappa shape index (κ2) is 33.5. The van der Waals surface area contributed by atoms with Crippen molar-refractivity contribution in [1.29, 1.82) is 0 Å². The number of benzene rings is 2. The van der Waals surface area contributed by atoms with Crippen molar-refractivity contribution in [3.05, 3.63) is 110 Å². The number of esters is 1. The van der Waals surface area contributed by atoms with Crippen LogP contribution in [0, 0.1) is 12.7 Å². The van der Waals surface area contributed by atoms with Gasteiger partial charge in [-0.1, -0.05) is 37.3 Å². The maximum Gasteiger partial charge on any atom is 0.343 e. The van der Waals surface area contributed by atoms with Crippen molar-refractivity contribution in [3.63, 3.8) is 0 Å². The Hall–Kier alpha value is -9.89. The van der Waals surface area contributed by atoms with Gasteiger partial charge in [0.05, 0.1) is 114 Å². The van der Waals surface area contributed by atoms with Gasteiger partial charge in [-0.3, -0.25) is 62.4 Å². The Bertz CT molecular complexity index is 3750. The second-order valence-corrected chi connectivity index (χ2v) is 22.9. The van der Waals surface area contributed by atoms with E-state index in [4.69, 9.17) is 34.4 Å². The van der Waals surface area contributed by atoms with Crippen molar-refractivity contribution in [2.24, 2.45) is 5.73 Å². The van der Waals surface area contributed by atoms with E-state index in [9.17, 15) is 72.5 Å². The molecule has 0 spiro atoms. The summed E-state index contributed by atoms with van der Waals surface area (Å²) in [6, 6.07) is 7.43. The van der Waals surface area contributed by atoms with Crippen LogP contribution in [0.15, 0.2) is 59.4 Å². The molecule has 0 bridgehead atoms. The molecule has 10 amide bonds. The average molecular weight is 1340 g/mol. The number of pyridine rings is 2. The van der Waals surface area contributed by atoms with Gasteiger partial charge in [0, 0.05) is 80.0 Å². The van der Waals surface area contributed by atoms with E-state index in [1.165, 1.54) is 21.6 Å². The number of fused-ring (bicyclic) bond motifs is 5. The zero-order valence-corrected chi connectivity index (χ0v) is 52.9. The molecule has 2 aromatic carbocycles. The largest absolute Gasteiger partial charge is 0.481 e. The monoisotopic (exact) mass is 1340 g/mol. The van der Waals surface area contributed by atoms with Crippen molar-refractivity contribution in [2.75, 3.05) is 92.1 Å². The Balaban J connectivity index is 0.790. The molecule has 2 aromatic heterocycles. The number of aryl methyl sites for hydroxylation is 1. The number of ether oxygens (including phenoxy) is 5. The van der Waals surface area contributed by atoms with Gasteiger partial charge in [-0.25, -0.2) is 14.2 Å². The first kappa shape index (κ1) is 71.9. The maximum atomic E-state index is 15.7. The number of aliphatic hydroxyl groups is 1. The quantitative estimate of drug-likeness (QED) is 0.0120. The number of nitrogens with two attached hydrogens (primary N) is 1. The van der Waals surface area contributed by atoms with Crippen LogP contribution in [0.3, 0.4) is 0 Å². The predicted octanol–water partition coefficient (Wildman–Crippen LogP) is -1.86. The van der Waals surface area contributed by atoms with Gasteiger partial charge in [0.2, 0.25) is 47.3 Å². The fourth-order valence-electron chi connectivity index (χ4n) is 11.5. The van der Waals surface area contributed by atoms with E-state index in [2.05, 4.69) is 31.9 Å². The molecule has 514 valence electrons. The third-order valence-electron chi connectivity index (χ3n) is 16.5. The van der Waals surface area contributed by atoms with Crippen molar-refractivity contribution in [1.82, 2.24) is 51.3 Å². The Morgan fingerprint density at radius 3 is 2.06 bits per heavy atom. The highest BCUT2D eigenvalue weighted by atomic mass is 19.1. The van der Waals surface area contributed by atoms with Crippen LogP contribution >= 0.6 is 0 Å². The maximum absolute atomic E-state index is 15.7. The second-order valence-electron chi connectivity index (χ2n) is 22.9. The van der Waals surface area contributed by atoms with Crippen LogP contribution in [0.25, 0.3) is 22.3 Å². The first-order valence-corrected chi connectivity index (χ1v) is 31.2. The van der Waals surface area contributed by atoms with Crippen molar-refractivity contribution in [3.8, 4) is 11.4 Å². The van der Waals surface area contributed by atoms with Crippen LogP contribution in [-0.2, 0) is 113 Å². The summed E-state index contributed by atoms with van der Waals surface area (Å²) in [5.41, 5.74) is 6.30.